The molecule has 0 aliphatic rings. The van der Waals surface area contributed by atoms with E-state index in [0.29, 0.717) is 6.42 Å². The minimum atomic E-state index is -0.228. The summed E-state index contributed by atoms with van der Waals surface area (Å²) in [6.45, 7) is 0. The molecule has 2 N–H and O–H groups in total. The molecule has 0 aliphatic heterocycles. The Balaban J connectivity index is 1.94. The largest absolute Gasteiger partial charge is 0.327 e. The molecule has 0 radical (unpaired) electrons. The number of hydrogen-bond donors (Lipinski definition) is 1. The summed E-state index contributed by atoms with van der Waals surface area (Å²) in [6.07, 6.45) is 0.649. The first-order chi connectivity index (χ1) is 9.56. The average Bonchev–Trinajstić information content (AvgIpc) is 2.42. The fourth-order valence-corrected chi connectivity index (χ4v) is 3.73. The third-order valence-corrected chi connectivity index (χ3v) is 5.77. The van der Waals surface area contributed by atoms with Gasteiger partial charge in [-0.25, -0.2) is 4.39 Å². The lowest BCUT2D eigenvalue weighted by atomic mass is 10.1. The minimum Gasteiger partial charge on any atom is -0.327 e. The smallest absolute Gasteiger partial charge is 0.123 e. The van der Waals surface area contributed by atoms with Gasteiger partial charge in [0, 0.05) is 25.6 Å². The number of benzene rings is 2. The third kappa shape index (κ3) is 4.58. The van der Waals surface area contributed by atoms with Gasteiger partial charge in [-0.2, -0.15) is 0 Å². The van der Waals surface area contributed by atoms with Crippen molar-refractivity contribution in [2.45, 2.75) is 17.4 Å². The predicted molar refractivity (Wildman–Crippen MR) is 90.6 cm³/mol. The average molecular weight is 419 g/mol. The van der Waals surface area contributed by atoms with Gasteiger partial charge in [0.05, 0.1) is 0 Å². The molecule has 2 rings (SSSR count). The van der Waals surface area contributed by atoms with Gasteiger partial charge in [0.15, 0.2) is 0 Å². The first-order valence-corrected chi connectivity index (χ1v) is 8.70. The first-order valence-electron chi connectivity index (χ1n) is 6.13. The lowest BCUT2D eigenvalue weighted by molar-refractivity contribution is 0.622. The van der Waals surface area contributed by atoms with E-state index in [1.54, 1.807) is 17.8 Å². The molecule has 2 aromatic carbocycles. The van der Waals surface area contributed by atoms with E-state index < -0.39 is 0 Å². The maximum Gasteiger partial charge on any atom is 0.123 e. The first kappa shape index (κ1) is 16.0. The van der Waals surface area contributed by atoms with E-state index >= 15 is 0 Å². The normalized spacial score (nSPS) is 12.4. The van der Waals surface area contributed by atoms with E-state index in [2.05, 4.69) is 37.9 Å². The van der Waals surface area contributed by atoms with Crippen LogP contribution in [0.5, 0.6) is 0 Å². The summed E-state index contributed by atoms with van der Waals surface area (Å²) < 4.78 is 15.2. The van der Waals surface area contributed by atoms with Crippen LogP contribution in [0.25, 0.3) is 0 Å². The molecule has 0 amide bonds. The van der Waals surface area contributed by atoms with Crippen LogP contribution in [-0.4, -0.2) is 11.8 Å². The van der Waals surface area contributed by atoms with Crippen LogP contribution in [0.1, 0.15) is 5.56 Å². The lowest BCUT2D eigenvalue weighted by Gasteiger charge is -2.13. The van der Waals surface area contributed by atoms with Crippen molar-refractivity contribution in [3.05, 3.63) is 62.8 Å². The van der Waals surface area contributed by atoms with Crippen LogP contribution in [0.15, 0.2) is 56.3 Å². The second kappa shape index (κ2) is 7.59. The van der Waals surface area contributed by atoms with Gasteiger partial charge in [-0.1, -0.05) is 28.1 Å². The molecule has 1 nitrogen and oxygen atoms in total. The summed E-state index contributed by atoms with van der Waals surface area (Å²) >= 11 is 8.65. The monoisotopic (exact) mass is 417 g/mol. The predicted octanol–water partition coefficient (Wildman–Crippen LogP) is 5.01. The molecule has 0 spiro atoms. The van der Waals surface area contributed by atoms with E-state index in [4.69, 9.17) is 5.73 Å². The fourth-order valence-electron chi connectivity index (χ4n) is 1.80. The van der Waals surface area contributed by atoms with Crippen LogP contribution < -0.4 is 5.73 Å². The van der Waals surface area contributed by atoms with Crippen LogP contribution >= 0.6 is 43.6 Å². The minimum absolute atomic E-state index is 0.0230. The Hall–Kier alpha value is -0.360. The summed E-state index contributed by atoms with van der Waals surface area (Å²) in [5.41, 5.74) is 7.05. The summed E-state index contributed by atoms with van der Waals surface area (Å²) in [4.78, 5) is 1.17. The quantitative estimate of drug-likeness (QED) is 0.690. The maximum absolute atomic E-state index is 13.2. The van der Waals surface area contributed by atoms with E-state index in [9.17, 15) is 4.39 Å². The maximum atomic E-state index is 13.2. The standard InChI is InChI=1S/C15H14Br2FNS/c16-13-6-5-11(18)7-10(13)8-12(19)9-20-15-4-2-1-3-14(15)17/h1-7,12H,8-9,19H2. The van der Waals surface area contributed by atoms with Crippen molar-refractivity contribution >= 4 is 43.6 Å². The number of hydrogen-bond acceptors (Lipinski definition) is 2. The molecule has 106 valence electrons. The van der Waals surface area contributed by atoms with E-state index in [0.717, 1.165) is 20.3 Å². The summed E-state index contributed by atoms with van der Waals surface area (Å²) in [5, 5.41) is 0. The fraction of sp³-hybridized carbons (Fsp3) is 0.200. The van der Waals surface area contributed by atoms with Gasteiger partial charge in [0.2, 0.25) is 0 Å². The summed E-state index contributed by atoms with van der Waals surface area (Å²) in [5.74, 6) is 0.555. The topological polar surface area (TPSA) is 26.0 Å². The third-order valence-electron chi connectivity index (χ3n) is 2.78. The highest BCUT2D eigenvalue weighted by molar-refractivity contribution is 9.10. The lowest BCUT2D eigenvalue weighted by Crippen LogP contribution is -2.25. The Kier molecular flexibility index (Phi) is 6.08. The molecular formula is C15H14Br2FNS. The van der Waals surface area contributed by atoms with Gasteiger partial charge in [-0.05, 0) is 58.2 Å². The second-order valence-electron chi connectivity index (χ2n) is 4.44. The molecule has 0 heterocycles. The van der Waals surface area contributed by atoms with Crippen molar-refractivity contribution in [1.29, 1.82) is 0 Å². The molecule has 5 heteroatoms. The van der Waals surface area contributed by atoms with Crippen molar-refractivity contribution in [3.63, 3.8) is 0 Å². The van der Waals surface area contributed by atoms with Crippen molar-refractivity contribution in [2.24, 2.45) is 5.73 Å². The highest BCUT2D eigenvalue weighted by Gasteiger charge is 2.10. The Labute approximate surface area is 139 Å². The van der Waals surface area contributed by atoms with Crippen LogP contribution in [0.2, 0.25) is 0 Å². The van der Waals surface area contributed by atoms with E-state index in [1.165, 1.54) is 17.0 Å². The highest BCUT2D eigenvalue weighted by atomic mass is 79.9. The van der Waals surface area contributed by atoms with Gasteiger partial charge in [0.25, 0.3) is 0 Å². The molecule has 0 fully saturated rings. The molecule has 0 aliphatic carbocycles. The van der Waals surface area contributed by atoms with Crippen LogP contribution in [0, 0.1) is 5.82 Å². The van der Waals surface area contributed by atoms with Gasteiger partial charge in [-0.15, -0.1) is 11.8 Å². The molecular weight excluding hydrogens is 405 g/mol. The van der Waals surface area contributed by atoms with Crippen LogP contribution in [0.3, 0.4) is 0 Å². The summed E-state index contributed by atoms with van der Waals surface area (Å²) in [7, 11) is 0. The van der Waals surface area contributed by atoms with Gasteiger partial charge < -0.3 is 5.73 Å². The Morgan fingerprint density at radius 2 is 1.85 bits per heavy atom. The number of rotatable bonds is 5. The van der Waals surface area contributed by atoms with Crippen molar-refractivity contribution in [1.82, 2.24) is 0 Å². The molecule has 20 heavy (non-hydrogen) atoms. The zero-order chi connectivity index (χ0) is 14.5. The zero-order valence-corrected chi connectivity index (χ0v) is 14.6. The Morgan fingerprint density at radius 1 is 1.10 bits per heavy atom. The molecule has 2 aromatic rings. The van der Waals surface area contributed by atoms with E-state index in [-0.39, 0.29) is 11.9 Å². The van der Waals surface area contributed by atoms with Crippen LogP contribution in [0.4, 0.5) is 4.39 Å². The van der Waals surface area contributed by atoms with Crippen molar-refractivity contribution < 1.29 is 4.39 Å². The second-order valence-corrected chi connectivity index (χ2v) is 7.21. The molecule has 0 aromatic heterocycles. The number of thioether (sulfide) groups is 1. The number of nitrogens with two attached hydrogens (primary N) is 1. The molecule has 1 unspecified atom stereocenters. The molecule has 0 saturated carbocycles. The van der Waals surface area contributed by atoms with Crippen molar-refractivity contribution in [2.75, 3.05) is 5.75 Å². The van der Waals surface area contributed by atoms with Crippen LogP contribution in [-0.2, 0) is 6.42 Å². The van der Waals surface area contributed by atoms with Gasteiger partial charge >= 0.3 is 0 Å². The van der Waals surface area contributed by atoms with Gasteiger partial charge in [-0.3, -0.25) is 0 Å². The zero-order valence-electron chi connectivity index (χ0n) is 10.7. The molecule has 1 atom stereocenters. The molecule has 0 saturated heterocycles. The van der Waals surface area contributed by atoms with Crippen molar-refractivity contribution in [3.8, 4) is 0 Å². The SMILES string of the molecule is NC(CSc1ccccc1Br)Cc1cc(F)ccc1Br. The highest BCUT2D eigenvalue weighted by Crippen LogP contribution is 2.28. The Bertz CT molecular complexity index is 592. The number of halogens is 3. The Morgan fingerprint density at radius 3 is 2.60 bits per heavy atom. The van der Waals surface area contributed by atoms with E-state index in [1.807, 2.05) is 18.2 Å². The molecule has 0 bridgehead atoms. The summed E-state index contributed by atoms with van der Waals surface area (Å²) in [6, 6.07) is 12.7. The van der Waals surface area contributed by atoms with Gasteiger partial charge in [0.1, 0.15) is 5.82 Å².